The molecule has 0 atom stereocenters. The Morgan fingerprint density at radius 3 is 2.69 bits per heavy atom. The molecule has 0 amide bonds. The number of carbonyl (C=O) groups excluding carboxylic acids is 2. The minimum absolute atomic E-state index is 0.175. The molecule has 26 heavy (non-hydrogen) atoms. The molecule has 4 rings (SSSR count). The second kappa shape index (κ2) is 6.53. The molecular formula is C19H13N3O3S. The fraction of sp³-hybridized carbons (Fsp3) is 0.0526. The van der Waals surface area contributed by atoms with Gasteiger partial charge in [0.1, 0.15) is 5.69 Å². The van der Waals surface area contributed by atoms with Gasteiger partial charge in [0.05, 0.1) is 4.88 Å². The number of cyclic esters (lactones) is 1. The van der Waals surface area contributed by atoms with Crippen molar-refractivity contribution in [1.29, 1.82) is 0 Å². The lowest BCUT2D eigenvalue weighted by Crippen LogP contribution is -2.05. The summed E-state index contributed by atoms with van der Waals surface area (Å²) in [6.45, 7) is 1.43. The van der Waals surface area contributed by atoms with Crippen LogP contribution in [0, 0.1) is 0 Å². The van der Waals surface area contributed by atoms with Crippen LogP contribution in [0.25, 0.3) is 17.3 Å². The third-order valence-electron chi connectivity index (χ3n) is 3.76. The van der Waals surface area contributed by atoms with Gasteiger partial charge in [-0.3, -0.25) is 4.79 Å². The number of thiophene rings is 1. The fourth-order valence-corrected chi connectivity index (χ4v) is 3.19. The van der Waals surface area contributed by atoms with E-state index in [0.29, 0.717) is 11.3 Å². The number of nitrogens with zero attached hydrogens (tertiary/aromatic N) is 3. The number of ether oxygens (including phenoxy) is 1. The number of aromatic nitrogens is 2. The second-order valence-electron chi connectivity index (χ2n) is 5.58. The molecular weight excluding hydrogens is 350 g/mol. The Morgan fingerprint density at radius 2 is 2.00 bits per heavy atom. The Balaban J connectivity index is 1.79. The van der Waals surface area contributed by atoms with E-state index in [4.69, 9.17) is 4.74 Å². The molecule has 3 aromatic rings. The maximum Gasteiger partial charge on any atom is 0.363 e. The van der Waals surface area contributed by atoms with E-state index in [0.717, 1.165) is 10.4 Å². The maximum absolute atomic E-state index is 12.2. The summed E-state index contributed by atoms with van der Waals surface area (Å²) in [7, 11) is 0. The van der Waals surface area contributed by atoms with Gasteiger partial charge in [-0.25, -0.2) is 14.5 Å². The molecule has 128 valence electrons. The lowest BCUT2D eigenvalue weighted by Gasteiger charge is -1.98. The zero-order valence-electron chi connectivity index (χ0n) is 13.7. The number of rotatable bonds is 3. The van der Waals surface area contributed by atoms with Gasteiger partial charge >= 0.3 is 5.97 Å². The van der Waals surface area contributed by atoms with Crippen molar-refractivity contribution in [2.24, 2.45) is 4.99 Å². The summed E-state index contributed by atoms with van der Waals surface area (Å²) in [4.78, 5) is 29.0. The molecule has 0 N–H and O–H groups in total. The number of esters is 1. The lowest BCUT2D eigenvalue weighted by atomic mass is 10.1. The predicted molar refractivity (Wildman–Crippen MR) is 98.9 cm³/mol. The van der Waals surface area contributed by atoms with E-state index >= 15 is 0 Å². The number of benzene rings is 1. The van der Waals surface area contributed by atoms with E-state index < -0.39 is 5.97 Å². The molecule has 0 aliphatic carbocycles. The van der Waals surface area contributed by atoms with Crippen molar-refractivity contribution in [1.82, 2.24) is 9.78 Å². The summed E-state index contributed by atoms with van der Waals surface area (Å²) in [5.41, 5.74) is 2.23. The summed E-state index contributed by atoms with van der Waals surface area (Å²) in [5, 5.41) is 6.23. The highest BCUT2D eigenvalue weighted by molar-refractivity contribution is 7.12. The molecule has 6 nitrogen and oxygen atoms in total. The number of hydrogen-bond donors (Lipinski definition) is 0. The monoisotopic (exact) mass is 363 g/mol. The molecule has 0 bridgehead atoms. The number of hydrogen-bond acceptors (Lipinski definition) is 6. The average Bonchev–Trinajstić information content (AvgIpc) is 3.37. The van der Waals surface area contributed by atoms with Crippen LogP contribution < -0.4 is 0 Å². The van der Waals surface area contributed by atoms with Crippen molar-refractivity contribution in [2.75, 3.05) is 0 Å². The van der Waals surface area contributed by atoms with Crippen molar-refractivity contribution >= 4 is 35.2 Å². The third-order valence-corrected chi connectivity index (χ3v) is 4.61. The number of carbonyl (C=O) groups is 2. The standard InChI is InChI=1S/C19H13N3O3S/c1-12(23)22-11-14(17(21-22)13-6-3-2-4-7-13)10-15-19(24)25-18(20-15)16-8-5-9-26-16/h2-11H,1H3/b15-10-. The first kappa shape index (κ1) is 16.2. The summed E-state index contributed by atoms with van der Waals surface area (Å²) in [5.74, 6) is -0.455. The molecule has 3 heterocycles. The Kier molecular flexibility index (Phi) is 4.06. The molecule has 0 spiro atoms. The van der Waals surface area contributed by atoms with Crippen molar-refractivity contribution in [3.63, 3.8) is 0 Å². The van der Waals surface area contributed by atoms with Crippen LogP contribution >= 0.6 is 11.3 Å². The molecule has 1 aliphatic heterocycles. The highest BCUT2D eigenvalue weighted by Crippen LogP contribution is 2.27. The van der Waals surface area contributed by atoms with Gasteiger partial charge in [-0.15, -0.1) is 11.3 Å². The molecule has 1 aliphatic rings. The van der Waals surface area contributed by atoms with Gasteiger partial charge in [0, 0.05) is 24.2 Å². The minimum atomic E-state index is -0.525. The first-order valence-electron chi connectivity index (χ1n) is 7.84. The van der Waals surface area contributed by atoms with Gasteiger partial charge in [-0.2, -0.15) is 5.10 Å². The maximum atomic E-state index is 12.2. The number of aliphatic imine (C=N–C) groups is 1. The Hall–Kier alpha value is -3.32. The smallest absolute Gasteiger partial charge is 0.363 e. The molecule has 0 fully saturated rings. The molecule has 0 saturated carbocycles. The van der Waals surface area contributed by atoms with Gasteiger partial charge in [0.15, 0.2) is 5.70 Å². The summed E-state index contributed by atoms with van der Waals surface area (Å²) in [6, 6.07) is 13.1. The van der Waals surface area contributed by atoms with E-state index in [1.165, 1.54) is 22.9 Å². The fourth-order valence-electron chi connectivity index (χ4n) is 2.54. The van der Waals surface area contributed by atoms with Crippen LogP contribution in [0.4, 0.5) is 0 Å². The minimum Gasteiger partial charge on any atom is -0.401 e. The van der Waals surface area contributed by atoms with E-state index in [1.807, 2.05) is 47.8 Å². The van der Waals surface area contributed by atoms with E-state index in [1.54, 1.807) is 12.3 Å². The quantitative estimate of drug-likeness (QED) is 0.526. The van der Waals surface area contributed by atoms with Crippen LogP contribution in [-0.4, -0.2) is 27.6 Å². The summed E-state index contributed by atoms with van der Waals surface area (Å²) < 4.78 is 6.50. The molecule has 2 aromatic heterocycles. The first-order valence-corrected chi connectivity index (χ1v) is 8.72. The second-order valence-corrected chi connectivity index (χ2v) is 6.52. The third kappa shape index (κ3) is 3.00. The zero-order chi connectivity index (χ0) is 18.1. The molecule has 7 heteroatoms. The van der Waals surface area contributed by atoms with E-state index in [9.17, 15) is 9.59 Å². The van der Waals surface area contributed by atoms with Crippen molar-refractivity contribution < 1.29 is 14.3 Å². The zero-order valence-corrected chi connectivity index (χ0v) is 14.6. The van der Waals surface area contributed by atoms with Crippen molar-refractivity contribution in [2.45, 2.75) is 6.92 Å². The van der Waals surface area contributed by atoms with E-state index in [2.05, 4.69) is 10.1 Å². The first-order chi connectivity index (χ1) is 12.6. The largest absolute Gasteiger partial charge is 0.401 e. The summed E-state index contributed by atoms with van der Waals surface area (Å²) >= 11 is 1.44. The molecule has 0 radical (unpaired) electrons. The Bertz CT molecular complexity index is 1050. The molecule has 1 aromatic carbocycles. The van der Waals surface area contributed by atoms with E-state index in [-0.39, 0.29) is 17.5 Å². The van der Waals surface area contributed by atoms with Gasteiger partial charge in [0.2, 0.25) is 11.8 Å². The Labute approximate surface area is 153 Å². The predicted octanol–water partition coefficient (Wildman–Crippen LogP) is 3.62. The van der Waals surface area contributed by atoms with Gasteiger partial charge in [-0.1, -0.05) is 36.4 Å². The normalized spacial score (nSPS) is 15.2. The van der Waals surface area contributed by atoms with Crippen LogP contribution in [-0.2, 0) is 9.53 Å². The molecule has 0 unspecified atom stereocenters. The van der Waals surface area contributed by atoms with Crippen LogP contribution in [0.5, 0.6) is 0 Å². The average molecular weight is 363 g/mol. The van der Waals surface area contributed by atoms with Crippen molar-refractivity contribution in [3.8, 4) is 11.3 Å². The van der Waals surface area contributed by atoms with Gasteiger partial charge in [0.25, 0.3) is 0 Å². The van der Waals surface area contributed by atoms with Gasteiger partial charge in [-0.05, 0) is 17.5 Å². The van der Waals surface area contributed by atoms with Gasteiger partial charge < -0.3 is 4.74 Å². The van der Waals surface area contributed by atoms with Crippen LogP contribution in [0.2, 0.25) is 0 Å². The van der Waals surface area contributed by atoms with Crippen LogP contribution in [0.15, 0.2) is 64.7 Å². The highest BCUT2D eigenvalue weighted by Gasteiger charge is 2.25. The van der Waals surface area contributed by atoms with Crippen LogP contribution in [0.3, 0.4) is 0 Å². The van der Waals surface area contributed by atoms with Crippen LogP contribution in [0.1, 0.15) is 22.2 Å². The Morgan fingerprint density at radius 1 is 1.19 bits per heavy atom. The topological polar surface area (TPSA) is 73.6 Å². The molecule has 0 saturated heterocycles. The van der Waals surface area contributed by atoms with Crippen molar-refractivity contribution in [3.05, 3.63) is 70.2 Å². The lowest BCUT2D eigenvalue weighted by molar-refractivity contribution is -0.129. The SMILES string of the molecule is CC(=O)n1cc(/C=C2\N=C(c3cccs3)OC2=O)c(-c2ccccc2)n1. The highest BCUT2D eigenvalue weighted by atomic mass is 32.1. The summed E-state index contributed by atoms with van der Waals surface area (Å²) in [6.07, 6.45) is 3.18.